The molecule has 0 unspecified atom stereocenters. The molecule has 5 heteroatoms. The summed E-state index contributed by atoms with van der Waals surface area (Å²) in [5, 5.41) is 4.89. The van der Waals surface area contributed by atoms with Crippen molar-refractivity contribution < 1.29 is 4.79 Å². The quantitative estimate of drug-likeness (QED) is 0.870. The summed E-state index contributed by atoms with van der Waals surface area (Å²) >= 11 is 3.04. The van der Waals surface area contributed by atoms with Gasteiger partial charge in [0.05, 0.1) is 5.75 Å². The second-order valence-corrected chi connectivity index (χ2v) is 5.99. The highest BCUT2D eigenvalue weighted by Crippen LogP contribution is 2.22. The summed E-state index contributed by atoms with van der Waals surface area (Å²) in [5.41, 5.74) is 2.95. The molecule has 0 radical (unpaired) electrons. The molecular weight excluding hydrogens is 264 g/mol. The number of carbonyl (C=O) groups excluding carboxylic acids is 1. The van der Waals surface area contributed by atoms with Crippen LogP contribution in [-0.4, -0.2) is 16.6 Å². The Morgan fingerprint density at radius 3 is 2.83 bits per heavy atom. The van der Waals surface area contributed by atoms with Crippen LogP contribution in [0.25, 0.3) is 0 Å². The molecule has 0 aliphatic heterocycles. The van der Waals surface area contributed by atoms with Crippen LogP contribution in [0, 0.1) is 13.8 Å². The zero-order chi connectivity index (χ0) is 13.0. The van der Waals surface area contributed by atoms with Crippen LogP contribution in [0.2, 0.25) is 0 Å². The minimum atomic E-state index is 0.00199. The Labute approximate surface area is 115 Å². The Hall–Kier alpha value is -1.33. The minimum absolute atomic E-state index is 0.00199. The number of aryl methyl sites for hydroxylation is 2. The summed E-state index contributed by atoms with van der Waals surface area (Å²) in [6.07, 6.45) is 0. The van der Waals surface area contributed by atoms with Gasteiger partial charge in [0.2, 0.25) is 5.91 Å². The van der Waals surface area contributed by atoms with Gasteiger partial charge >= 0.3 is 0 Å². The number of para-hydroxylation sites is 1. The first-order valence-electron chi connectivity index (χ1n) is 5.55. The number of carbonyl (C=O) groups is 1. The molecule has 0 fully saturated rings. The van der Waals surface area contributed by atoms with Crippen molar-refractivity contribution in [2.75, 3.05) is 11.1 Å². The largest absolute Gasteiger partial charge is 0.325 e. The maximum Gasteiger partial charge on any atom is 0.234 e. The molecule has 0 bridgehead atoms. The number of amides is 1. The highest BCUT2D eigenvalue weighted by atomic mass is 32.2. The Balaban J connectivity index is 1.88. The number of hydrogen-bond donors (Lipinski definition) is 1. The third-order valence-corrected chi connectivity index (χ3v) is 4.48. The Bertz CT molecular complexity index is 551. The predicted molar refractivity (Wildman–Crippen MR) is 77.4 cm³/mol. The summed E-state index contributed by atoms with van der Waals surface area (Å²) in [6.45, 7) is 3.93. The number of hydrogen-bond acceptors (Lipinski definition) is 4. The van der Waals surface area contributed by atoms with E-state index in [4.69, 9.17) is 0 Å². The molecule has 0 spiro atoms. The number of thioether (sulfide) groups is 1. The van der Waals surface area contributed by atoms with Gasteiger partial charge in [-0.1, -0.05) is 30.0 Å². The van der Waals surface area contributed by atoms with E-state index in [1.807, 2.05) is 43.5 Å². The zero-order valence-electron chi connectivity index (χ0n) is 10.3. The molecule has 3 nitrogen and oxygen atoms in total. The molecule has 0 atom stereocenters. The van der Waals surface area contributed by atoms with E-state index in [1.54, 1.807) is 11.3 Å². The summed E-state index contributed by atoms with van der Waals surface area (Å²) in [6, 6.07) is 7.76. The topological polar surface area (TPSA) is 42.0 Å². The lowest BCUT2D eigenvalue weighted by molar-refractivity contribution is -0.113. The summed E-state index contributed by atoms with van der Waals surface area (Å²) in [4.78, 5) is 16.1. The zero-order valence-corrected chi connectivity index (χ0v) is 11.9. The second kappa shape index (κ2) is 6.02. The van der Waals surface area contributed by atoms with Gasteiger partial charge in [-0.15, -0.1) is 11.3 Å². The van der Waals surface area contributed by atoms with E-state index in [-0.39, 0.29) is 5.91 Å². The van der Waals surface area contributed by atoms with Crippen molar-refractivity contribution >= 4 is 34.7 Å². The number of anilines is 1. The molecule has 0 saturated heterocycles. The number of benzene rings is 1. The molecule has 1 aromatic carbocycles. The molecule has 18 heavy (non-hydrogen) atoms. The molecule has 1 amide bonds. The Morgan fingerprint density at radius 2 is 2.17 bits per heavy atom. The molecule has 94 valence electrons. The van der Waals surface area contributed by atoms with E-state index < -0.39 is 0 Å². The normalized spacial score (nSPS) is 10.3. The summed E-state index contributed by atoms with van der Waals surface area (Å²) in [7, 11) is 0. The van der Waals surface area contributed by atoms with E-state index in [1.165, 1.54) is 11.8 Å². The maximum absolute atomic E-state index is 11.8. The average Bonchev–Trinajstić information content (AvgIpc) is 2.76. The number of aromatic nitrogens is 1. The van der Waals surface area contributed by atoms with Crippen molar-refractivity contribution in [3.8, 4) is 0 Å². The Kier molecular flexibility index (Phi) is 4.38. The van der Waals surface area contributed by atoms with E-state index in [0.717, 1.165) is 21.3 Å². The molecule has 1 N–H and O–H groups in total. The smallest absolute Gasteiger partial charge is 0.234 e. The van der Waals surface area contributed by atoms with Gasteiger partial charge in [-0.05, 0) is 25.5 Å². The van der Waals surface area contributed by atoms with Gasteiger partial charge < -0.3 is 5.32 Å². The lowest BCUT2D eigenvalue weighted by Crippen LogP contribution is -2.14. The first-order valence-corrected chi connectivity index (χ1v) is 7.42. The van der Waals surface area contributed by atoms with Crippen molar-refractivity contribution in [1.82, 2.24) is 4.98 Å². The van der Waals surface area contributed by atoms with Gasteiger partial charge in [-0.2, -0.15) is 0 Å². The van der Waals surface area contributed by atoms with E-state index in [9.17, 15) is 4.79 Å². The number of nitrogens with zero attached hydrogens (tertiary/aromatic N) is 1. The van der Waals surface area contributed by atoms with Crippen LogP contribution in [0.3, 0.4) is 0 Å². The standard InChI is InChI=1S/C13H14N2OS2/c1-9-5-3-4-6-11(9)15-12(16)8-18-13-14-10(2)7-17-13/h3-7H,8H2,1-2H3,(H,15,16). The van der Waals surface area contributed by atoms with Crippen molar-refractivity contribution in [3.63, 3.8) is 0 Å². The number of rotatable bonds is 4. The fraction of sp³-hybridized carbons (Fsp3) is 0.231. The van der Waals surface area contributed by atoms with Gasteiger partial charge in [0, 0.05) is 16.8 Å². The number of thiazole rings is 1. The van der Waals surface area contributed by atoms with Crippen LogP contribution in [0.15, 0.2) is 34.0 Å². The molecule has 0 aliphatic carbocycles. The molecule has 1 heterocycles. The maximum atomic E-state index is 11.8. The van der Waals surface area contributed by atoms with Crippen LogP contribution in [-0.2, 0) is 4.79 Å². The van der Waals surface area contributed by atoms with Crippen LogP contribution in [0.1, 0.15) is 11.3 Å². The van der Waals surface area contributed by atoms with Crippen molar-refractivity contribution in [2.45, 2.75) is 18.2 Å². The van der Waals surface area contributed by atoms with Gasteiger partial charge in [0.25, 0.3) is 0 Å². The van der Waals surface area contributed by atoms with E-state index in [2.05, 4.69) is 10.3 Å². The lowest BCUT2D eigenvalue weighted by Gasteiger charge is -2.06. The van der Waals surface area contributed by atoms with Crippen LogP contribution in [0.4, 0.5) is 5.69 Å². The number of nitrogens with one attached hydrogen (secondary N) is 1. The average molecular weight is 278 g/mol. The molecule has 0 saturated carbocycles. The molecule has 2 rings (SSSR count). The SMILES string of the molecule is Cc1csc(SCC(=O)Nc2ccccc2C)n1. The Morgan fingerprint density at radius 1 is 1.39 bits per heavy atom. The minimum Gasteiger partial charge on any atom is -0.325 e. The highest BCUT2D eigenvalue weighted by molar-refractivity contribution is 8.01. The van der Waals surface area contributed by atoms with Gasteiger partial charge in [0.1, 0.15) is 0 Å². The van der Waals surface area contributed by atoms with Gasteiger partial charge in [0.15, 0.2) is 4.34 Å². The monoisotopic (exact) mass is 278 g/mol. The third kappa shape index (κ3) is 3.58. The fourth-order valence-electron chi connectivity index (χ4n) is 1.43. The molecular formula is C13H14N2OS2. The first-order chi connectivity index (χ1) is 8.65. The molecule has 2 aromatic rings. The van der Waals surface area contributed by atoms with E-state index >= 15 is 0 Å². The highest BCUT2D eigenvalue weighted by Gasteiger charge is 2.07. The van der Waals surface area contributed by atoms with Crippen molar-refractivity contribution in [2.24, 2.45) is 0 Å². The van der Waals surface area contributed by atoms with Crippen molar-refractivity contribution in [3.05, 3.63) is 40.9 Å². The van der Waals surface area contributed by atoms with E-state index in [0.29, 0.717) is 5.75 Å². The third-order valence-electron chi connectivity index (χ3n) is 2.34. The first kappa shape index (κ1) is 13.1. The van der Waals surface area contributed by atoms with Gasteiger partial charge in [-0.3, -0.25) is 4.79 Å². The second-order valence-electron chi connectivity index (χ2n) is 3.91. The fourth-order valence-corrected chi connectivity index (χ4v) is 3.07. The van der Waals surface area contributed by atoms with Crippen molar-refractivity contribution in [1.29, 1.82) is 0 Å². The van der Waals surface area contributed by atoms with Crippen LogP contribution in [0.5, 0.6) is 0 Å². The summed E-state index contributed by atoms with van der Waals surface area (Å²) < 4.78 is 0.937. The molecule has 1 aromatic heterocycles. The summed E-state index contributed by atoms with van der Waals surface area (Å²) in [5.74, 6) is 0.392. The van der Waals surface area contributed by atoms with Gasteiger partial charge in [-0.25, -0.2) is 4.98 Å². The molecule has 0 aliphatic rings. The predicted octanol–water partition coefficient (Wildman–Crippen LogP) is 3.49. The van der Waals surface area contributed by atoms with Crippen LogP contribution < -0.4 is 5.32 Å². The lowest BCUT2D eigenvalue weighted by atomic mass is 10.2. The van der Waals surface area contributed by atoms with Crippen LogP contribution >= 0.6 is 23.1 Å².